The molecule has 1 aliphatic carbocycles. The Morgan fingerprint density at radius 2 is 1.83 bits per heavy atom. The third-order valence-electron chi connectivity index (χ3n) is 9.66. The van der Waals surface area contributed by atoms with Gasteiger partial charge < -0.3 is 25.8 Å². The monoisotopic (exact) mass is 568 g/mol. The van der Waals surface area contributed by atoms with E-state index >= 15 is 0 Å². The zero-order valence-corrected chi connectivity index (χ0v) is 23.8. The Morgan fingerprint density at radius 3 is 2.60 bits per heavy atom. The highest BCUT2D eigenvalue weighted by atomic mass is 16.2. The fourth-order valence-electron chi connectivity index (χ4n) is 7.44. The average molecular weight is 569 g/mol. The van der Waals surface area contributed by atoms with E-state index in [-0.39, 0.29) is 30.7 Å². The van der Waals surface area contributed by atoms with Crippen LogP contribution >= 0.6 is 0 Å². The van der Waals surface area contributed by atoms with Crippen molar-refractivity contribution in [3.05, 3.63) is 58.8 Å². The number of piperidine rings is 2. The van der Waals surface area contributed by atoms with Crippen LogP contribution in [0, 0.1) is 5.41 Å². The number of aromatic amines is 1. The quantitative estimate of drug-likeness (QED) is 0.288. The minimum atomic E-state index is -0.673. The fraction of sp³-hybridized carbons (Fsp3) is 0.438. The third kappa shape index (κ3) is 4.63. The molecule has 4 aliphatic rings. The van der Waals surface area contributed by atoms with Crippen LogP contribution in [0.1, 0.15) is 77.4 Å². The lowest BCUT2D eigenvalue weighted by atomic mass is 9.60. The number of hydrogen-bond donors (Lipinski definition) is 5. The van der Waals surface area contributed by atoms with Crippen LogP contribution in [-0.2, 0) is 22.6 Å². The molecule has 1 saturated carbocycles. The molecule has 1 spiro atoms. The molecule has 2 saturated heterocycles. The van der Waals surface area contributed by atoms with Crippen molar-refractivity contribution < 1.29 is 19.2 Å². The molecule has 218 valence electrons. The van der Waals surface area contributed by atoms with Gasteiger partial charge >= 0.3 is 0 Å². The SMILES string of the molecule is CCc1c(C(=O)Nc2ccc3c(c2)CN(C2CCC(=O)NC2=O)C3=O)[nH]c2cc(NC3CC4(CCNCC4)C3)ccc12. The Bertz CT molecular complexity index is 1610. The second-order valence-electron chi connectivity index (χ2n) is 12.3. The molecule has 0 radical (unpaired) electrons. The number of nitrogens with zero attached hydrogens (tertiary/aromatic N) is 1. The maximum absolute atomic E-state index is 13.5. The van der Waals surface area contributed by atoms with Gasteiger partial charge in [-0.2, -0.15) is 0 Å². The highest BCUT2D eigenvalue weighted by molar-refractivity contribution is 6.09. The minimum absolute atomic E-state index is 0.207. The van der Waals surface area contributed by atoms with Crippen LogP contribution in [0.15, 0.2) is 36.4 Å². The molecule has 42 heavy (non-hydrogen) atoms. The third-order valence-corrected chi connectivity index (χ3v) is 9.66. The number of fused-ring (bicyclic) bond motifs is 2. The maximum Gasteiger partial charge on any atom is 0.272 e. The van der Waals surface area contributed by atoms with Gasteiger partial charge in [-0.25, -0.2) is 0 Å². The molecule has 10 nitrogen and oxygen atoms in total. The minimum Gasteiger partial charge on any atom is -0.382 e. The van der Waals surface area contributed by atoms with Crippen molar-refractivity contribution >= 4 is 45.9 Å². The van der Waals surface area contributed by atoms with Gasteiger partial charge in [0.2, 0.25) is 11.8 Å². The Kier molecular flexibility index (Phi) is 6.53. The first-order chi connectivity index (χ1) is 20.3. The van der Waals surface area contributed by atoms with Crippen LogP contribution in [0.4, 0.5) is 11.4 Å². The van der Waals surface area contributed by atoms with Gasteiger partial charge in [-0.05, 0) is 98.5 Å². The average Bonchev–Trinajstić information content (AvgIpc) is 3.49. The Balaban J connectivity index is 1.05. The van der Waals surface area contributed by atoms with Crippen molar-refractivity contribution in [1.29, 1.82) is 0 Å². The Hall–Kier alpha value is -4.18. The van der Waals surface area contributed by atoms with E-state index < -0.39 is 11.9 Å². The second kappa shape index (κ2) is 10.3. The molecule has 0 bridgehead atoms. The van der Waals surface area contributed by atoms with Crippen molar-refractivity contribution in [3.8, 4) is 0 Å². The number of benzene rings is 2. The van der Waals surface area contributed by atoms with E-state index in [0.29, 0.717) is 41.2 Å². The molecule has 3 aliphatic heterocycles. The maximum atomic E-state index is 13.5. The summed E-state index contributed by atoms with van der Waals surface area (Å²) in [6, 6.07) is 11.3. The molecule has 4 heterocycles. The van der Waals surface area contributed by atoms with Crippen LogP contribution in [0.3, 0.4) is 0 Å². The van der Waals surface area contributed by atoms with E-state index in [9.17, 15) is 19.2 Å². The van der Waals surface area contributed by atoms with Crippen molar-refractivity contribution in [1.82, 2.24) is 20.5 Å². The van der Waals surface area contributed by atoms with E-state index in [1.165, 1.54) is 30.6 Å². The highest BCUT2D eigenvalue weighted by Gasteiger charge is 2.44. The first kappa shape index (κ1) is 26.7. The molecule has 4 amide bonds. The molecule has 5 N–H and O–H groups in total. The summed E-state index contributed by atoms with van der Waals surface area (Å²) in [5, 5.41) is 13.5. The van der Waals surface area contributed by atoms with Crippen LogP contribution < -0.4 is 21.3 Å². The van der Waals surface area contributed by atoms with E-state index in [1.807, 2.05) is 6.92 Å². The lowest BCUT2D eigenvalue weighted by Gasteiger charge is -2.50. The first-order valence-electron chi connectivity index (χ1n) is 15.0. The van der Waals surface area contributed by atoms with Crippen LogP contribution in [0.5, 0.6) is 0 Å². The molecule has 3 fully saturated rings. The lowest BCUT2D eigenvalue weighted by molar-refractivity contribution is -0.136. The summed E-state index contributed by atoms with van der Waals surface area (Å²) in [6.45, 7) is 4.54. The number of nitrogens with one attached hydrogen (secondary N) is 5. The molecule has 1 atom stereocenters. The largest absolute Gasteiger partial charge is 0.382 e. The van der Waals surface area contributed by atoms with Crippen molar-refractivity contribution in [3.63, 3.8) is 0 Å². The number of carbonyl (C=O) groups is 4. The highest BCUT2D eigenvalue weighted by Crippen LogP contribution is 2.49. The second-order valence-corrected chi connectivity index (χ2v) is 12.3. The number of aromatic nitrogens is 1. The van der Waals surface area contributed by atoms with Crippen LogP contribution in [0.2, 0.25) is 0 Å². The molecule has 2 aromatic carbocycles. The topological polar surface area (TPSA) is 135 Å². The summed E-state index contributed by atoms with van der Waals surface area (Å²) >= 11 is 0. The van der Waals surface area contributed by atoms with E-state index in [0.717, 1.165) is 40.8 Å². The van der Waals surface area contributed by atoms with E-state index in [2.05, 4.69) is 44.5 Å². The summed E-state index contributed by atoms with van der Waals surface area (Å²) in [4.78, 5) is 55.3. The summed E-state index contributed by atoms with van der Waals surface area (Å²) in [7, 11) is 0. The molecule has 10 heteroatoms. The number of amides is 4. The first-order valence-corrected chi connectivity index (χ1v) is 15.0. The summed E-state index contributed by atoms with van der Waals surface area (Å²) in [5.41, 5.74) is 5.83. The summed E-state index contributed by atoms with van der Waals surface area (Å²) < 4.78 is 0. The van der Waals surface area contributed by atoms with Gasteiger partial charge in [-0.3, -0.25) is 24.5 Å². The van der Waals surface area contributed by atoms with Gasteiger partial charge in [0.1, 0.15) is 11.7 Å². The van der Waals surface area contributed by atoms with Gasteiger partial charge in [-0.1, -0.05) is 13.0 Å². The zero-order chi connectivity index (χ0) is 29.0. The number of rotatable bonds is 6. The lowest BCUT2D eigenvalue weighted by Crippen LogP contribution is -2.52. The molecule has 3 aromatic rings. The molecule has 7 rings (SSSR count). The summed E-state index contributed by atoms with van der Waals surface area (Å²) in [6.07, 6.45) is 6.17. The van der Waals surface area contributed by atoms with Crippen LogP contribution in [0.25, 0.3) is 10.9 Å². The number of hydrogen-bond acceptors (Lipinski definition) is 6. The standard InChI is InChI=1S/C32H36N6O4/c1-2-22-24-6-4-20(34-21-15-32(16-21)9-11-33-12-10-32)14-25(24)36-28(22)30(41)35-19-3-5-23-18(13-19)17-38(31(23)42)26-7-8-27(39)37-29(26)40/h3-6,13-14,21,26,33-34,36H,2,7-12,15-17H2,1H3,(H,35,41)(H,37,39,40). The van der Waals surface area contributed by atoms with Gasteiger partial charge in [0.15, 0.2) is 0 Å². The normalized spacial score (nSPS) is 21.8. The van der Waals surface area contributed by atoms with E-state index in [4.69, 9.17) is 0 Å². The molecule has 1 unspecified atom stereocenters. The van der Waals surface area contributed by atoms with E-state index in [1.54, 1.807) is 18.2 Å². The van der Waals surface area contributed by atoms with Gasteiger partial charge in [-0.15, -0.1) is 0 Å². The number of imide groups is 1. The predicted molar refractivity (Wildman–Crippen MR) is 159 cm³/mol. The Labute approximate surface area is 244 Å². The van der Waals surface area contributed by atoms with Crippen LogP contribution in [-0.4, -0.2) is 58.7 Å². The summed E-state index contributed by atoms with van der Waals surface area (Å²) in [5.74, 6) is -1.23. The van der Waals surface area contributed by atoms with Crippen molar-refractivity contribution in [2.24, 2.45) is 5.41 Å². The van der Waals surface area contributed by atoms with Gasteiger partial charge in [0, 0.05) is 46.8 Å². The van der Waals surface area contributed by atoms with Crippen molar-refractivity contribution in [2.45, 2.75) is 70.5 Å². The number of H-pyrrole nitrogens is 1. The van der Waals surface area contributed by atoms with Crippen molar-refractivity contribution in [2.75, 3.05) is 23.7 Å². The zero-order valence-electron chi connectivity index (χ0n) is 23.8. The molecule has 1 aromatic heterocycles. The Morgan fingerprint density at radius 1 is 1.05 bits per heavy atom. The number of carbonyl (C=O) groups excluding carboxylic acids is 4. The smallest absolute Gasteiger partial charge is 0.272 e. The molecular weight excluding hydrogens is 532 g/mol. The fourth-order valence-corrected chi connectivity index (χ4v) is 7.44. The van der Waals surface area contributed by atoms with Gasteiger partial charge in [0.25, 0.3) is 11.8 Å². The number of aryl methyl sites for hydroxylation is 1. The molecular formula is C32H36N6O4. The predicted octanol–water partition coefficient (Wildman–Crippen LogP) is 3.69. The number of anilines is 2. The van der Waals surface area contributed by atoms with Gasteiger partial charge in [0.05, 0.1) is 0 Å².